The number of fused-ring (bicyclic) bond motifs is 1. The number of hydrogen-bond acceptors (Lipinski definition) is 5. The monoisotopic (exact) mass is 327 g/mol. The molecule has 0 aromatic heterocycles. The molecule has 0 saturated heterocycles. The SMILES string of the molecule is CN(C)CCc1cc2c(cc1O)OC(c1ccc(O)cc1)CC2=O. The lowest BCUT2D eigenvalue weighted by molar-refractivity contribution is 0.0849. The lowest BCUT2D eigenvalue weighted by Crippen LogP contribution is -2.21. The lowest BCUT2D eigenvalue weighted by Gasteiger charge is -2.26. The molecule has 126 valence electrons. The van der Waals surface area contributed by atoms with Crippen LogP contribution in [-0.2, 0) is 6.42 Å². The average molecular weight is 327 g/mol. The smallest absolute Gasteiger partial charge is 0.170 e. The number of aromatic hydroxyl groups is 2. The third-order valence-electron chi connectivity index (χ3n) is 4.21. The Morgan fingerprint density at radius 3 is 2.54 bits per heavy atom. The van der Waals surface area contributed by atoms with Crippen molar-refractivity contribution in [1.29, 1.82) is 0 Å². The minimum Gasteiger partial charge on any atom is -0.508 e. The number of hydrogen-bond donors (Lipinski definition) is 2. The summed E-state index contributed by atoms with van der Waals surface area (Å²) in [5.41, 5.74) is 2.10. The van der Waals surface area contributed by atoms with E-state index in [0.717, 1.165) is 17.7 Å². The molecule has 24 heavy (non-hydrogen) atoms. The largest absolute Gasteiger partial charge is 0.508 e. The van der Waals surface area contributed by atoms with Crippen LogP contribution in [0, 0.1) is 0 Å². The van der Waals surface area contributed by atoms with Crippen molar-refractivity contribution in [3.05, 3.63) is 53.1 Å². The molecule has 5 heteroatoms. The van der Waals surface area contributed by atoms with Gasteiger partial charge in [0.25, 0.3) is 0 Å². The highest BCUT2D eigenvalue weighted by molar-refractivity contribution is 6.00. The zero-order chi connectivity index (χ0) is 17.3. The van der Waals surface area contributed by atoms with Gasteiger partial charge in [0.05, 0.1) is 12.0 Å². The van der Waals surface area contributed by atoms with Crippen molar-refractivity contribution in [2.45, 2.75) is 18.9 Å². The van der Waals surface area contributed by atoms with Crippen molar-refractivity contribution in [1.82, 2.24) is 4.90 Å². The molecule has 1 atom stereocenters. The van der Waals surface area contributed by atoms with Crippen LogP contribution in [0.25, 0.3) is 0 Å². The van der Waals surface area contributed by atoms with Gasteiger partial charge in [-0.05, 0) is 49.8 Å². The van der Waals surface area contributed by atoms with Crippen molar-refractivity contribution in [2.24, 2.45) is 0 Å². The van der Waals surface area contributed by atoms with Gasteiger partial charge < -0.3 is 19.8 Å². The molecule has 0 saturated carbocycles. The van der Waals surface area contributed by atoms with Gasteiger partial charge in [0, 0.05) is 12.6 Å². The second-order valence-electron chi connectivity index (χ2n) is 6.36. The summed E-state index contributed by atoms with van der Waals surface area (Å²) >= 11 is 0. The highest BCUT2D eigenvalue weighted by Gasteiger charge is 2.29. The van der Waals surface area contributed by atoms with Gasteiger partial charge >= 0.3 is 0 Å². The van der Waals surface area contributed by atoms with Gasteiger partial charge in [-0.25, -0.2) is 0 Å². The molecule has 2 aromatic rings. The summed E-state index contributed by atoms with van der Waals surface area (Å²) in [6, 6.07) is 9.89. The van der Waals surface area contributed by atoms with Gasteiger partial charge in [-0.3, -0.25) is 4.79 Å². The van der Waals surface area contributed by atoms with Crippen molar-refractivity contribution in [3.8, 4) is 17.2 Å². The first-order valence-corrected chi connectivity index (χ1v) is 7.93. The van der Waals surface area contributed by atoms with Crippen molar-refractivity contribution < 1.29 is 19.7 Å². The first kappa shape index (κ1) is 16.3. The zero-order valence-electron chi connectivity index (χ0n) is 13.8. The van der Waals surface area contributed by atoms with Crippen molar-refractivity contribution in [2.75, 3.05) is 20.6 Å². The fraction of sp³-hybridized carbons (Fsp3) is 0.316. The Labute approximate surface area is 141 Å². The van der Waals surface area contributed by atoms with E-state index in [-0.39, 0.29) is 23.7 Å². The molecule has 0 amide bonds. The summed E-state index contributed by atoms with van der Waals surface area (Å²) < 4.78 is 5.92. The van der Waals surface area contributed by atoms with Crippen LogP contribution in [0.3, 0.4) is 0 Å². The van der Waals surface area contributed by atoms with Crippen LogP contribution in [0.15, 0.2) is 36.4 Å². The number of phenolic OH excluding ortho intramolecular Hbond substituents is 2. The second-order valence-corrected chi connectivity index (χ2v) is 6.36. The van der Waals surface area contributed by atoms with E-state index >= 15 is 0 Å². The van der Waals surface area contributed by atoms with Gasteiger partial charge in [-0.2, -0.15) is 0 Å². The molecule has 0 spiro atoms. The minimum atomic E-state index is -0.405. The highest BCUT2D eigenvalue weighted by atomic mass is 16.5. The summed E-state index contributed by atoms with van der Waals surface area (Å²) in [7, 11) is 3.93. The van der Waals surface area contributed by atoms with Crippen LogP contribution in [0.1, 0.15) is 34.0 Å². The zero-order valence-corrected chi connectivity index (χ0v) is 13.8. The molecule has 0 aliphatic carbocycles. The lowest BCUT2D eigenvalue weighted by atomic mass is 9.94. The summed E-state index contributed by atoms with van der Waals surface area (Å²) in [4.78, 5) is 14.5. The summed E-state index contributed by atoms with van der Waals surface area (Å²) in [5, 5.41) is 19.6. The molecule has 5 nitrogen and oxygen atoms in total. The quantitative estimate of drug-likeness (QED) is 0.903. The van der Waals surface area contributed by atoms with Gasteiger partial charge in [-0.15, -0.1) is 0 Å². The van der Waals surface area contributed by atoms with E-state index in [1.54, 1.807) is 30.3 Å². The normalized spacial score (nSPS) is 16.8. The van der Waals surface area contributed by atoms with E-state index in [4.69, 9.17) is 4.74 Å². The molecule has 3 rings (SSSR count). The van der Waals surface area contributed by atoms with Crippen molar-refractivity contribution >= 4 is 5.78 Å². The second kappa shape index (κ2) is 6.53. The highest BCUT2D eigenvalue weighted by Crippen LogP contribution is 2.38. The predicted octanol–water partition coefficient (Wildman–Crippen LogP) is 2.91. The van der Waals surface area contributed by atoms with E-state index in [0.29, 0.717) is 17.7 Å². The van der Waals surface area contributed by atoms with E-state index in [1.807, 2.05) is 19.0 Å². The van der Waals surface area contributed by atoms with Gasteiger partial charge in [0.2, 0.25) is 0 Å². The topological polar surface area (TPSA) is 70.0 Å². The summed E-state index contributed by atoms with van der Waals surface area (Å²) in [5.74, 6) is 0.732. The Hall–Kier alpha value is -2.53. The molecular formula is C19H21NO4. The number of benzene rings is 2. The molecule has 0 radical (unpaired) electrons. The molecule has 1 unspecified atom stereocenters. The van der Waals surface area contributed by atoms with Crippen LogP contribution in [0.2, 0.25) is 0 Å². The fourth-order valence-corrected chi connectivity index (χ4v) is 2.82. The van der Waals surface area contributed by atoms with Crippen LogP contribution < -0.4 is 4.74 Å². The molecule has 0 fully saturated rings. The number of Topliss-reactive ketones (excluding diaryl/α,β-unsaturated/α-hetero) is 1. The number of ketones is 1. The van der Waals surface area contributed by atoms with Crippen LogP contribution >= 0.6 is 0 Å². The third-order valence-corrected chi connectivity index (χ3v) is 4.21. The van der Waals surface area contributed by atoms with E-state index in [9.17, 15) is 15.0 Å². The number of carbonyl (C=O) groups is 1. The number of ether oxygens (including phenoxy) is 1. The Morgan fingerprint density at radius 1 is 1.17 bits per heavy atom. The number of phenols is 2. The molecule has 2 N–H and O–H groups in total. The third kappa shape index (κ3) is 3.36. The molecule has 1 heterocycles. The first-order valence-electron chi connectivity index (χ1n) is 7.93. The number of nitrogens with zero attached hydrogens (tertiary/aromatic N) is 1. The van der Waals surface area contributed by atoms with E-state index < -0.39 is 6.10 Å². The Bertz CT molecular complexity index is 753. The van der Waals surface area contributed by atoms with E-state index in [2.05, 4.69) is 0 Å². The Kier molecular flexibility index (Phi) is 4.44. The fourth-order valence-electron chi connectivity index (χ4n) is 2.82. The predicted molar refractivity (Wildman–Crippen MR) is 90.8 cm³/mol. The Balaban J connectivity index is 1.87. The maximum atomic E-state index is 12.5. The molecular weight excluding hydrogens is 306 g/mol. The Morgan fingerprint density at radius 2 is 1.88 bits per heavy atom. The maximum absolute atomic E-state index is 12.5. The number of likely N-dealkylation sites (N-methyl/N-ethyl adjacent to an activating group) is 1. The van der Waals surface area contributed by atoms with Crippen LogP contribution in [-0.4, -0.2) is 41.5 Å². The van der Waals surface area contributed by atoms with Gasteiger partial charge in [0.1, 0.15) is 23.4 Å². The van der Waals surface area contributed by atoms with Gasteiger partial charge in [-0.1, -0.05) is 12.1 Å². The standard InChI is InChI=1S/C19H21NO4/c1-20(2)8-7-13-9-15-17(23)11-18(24-19(15)10-16(13)22)12-3-5-14(21)6-4-12/h3-6,9-10,18,21-22H,7-8,11H2,1-2H3. The summed E-state index contributed by atoms with van der Waals surface area (Å²) in [6.07, 6.45) is 0.508. The number of rotatable bonds is 4. The summed E-state index contributed by atoms with van der Waals surface area (Å²) in [6.45, 7) is 0.789. The average Bonchev–Trinajstić information content (AvgIpc) is 2.53. The molecule has 0 bridgehead atoms. The molecule has 1 aliphatic rings. The van der Waals surface area contributed by atoms with E-state index in [1.165, 1.54) is 6.07 Å². The number of carbonyl (C=O) groups excluding carboxylic acids is 1. The van der Waals surface area contributed by atoms with Crippen molar-refractivity contribution in [3.63, 3.8) is 0 Å². The van der Waals surface area contributed by atoms with Crippen LogP contribution in [0.4, 0.5) is 0 Å². The van der Waals surface area contributed by atoms with Crippen LogP contribution in [0.5, 0.6) is 17.2 Å². The molecule has 2 aromatic carbocycles. The molecule has 1 aliphatic heterocycles. The first-order chi connectivity index (χ1) is 11.4. The minimum absolute atomic E-state index is 0.000396. The maximum Gasteiger partial charge on any atom is 0.170 e. The van der Waals surface area contributed by atoms with Gasteiger partial charge in [0.15, 0.2) is 5.78 Å².